The summed E-state index contributed by atoms with van der Waals surface area (Å²) in [4.78, 5) is 13.4. The summed E-state index contributed by atoms with van der Waals surface area (Å²) in [6.45, 7) is 4.26. The van der Waals surface area contributed by atoms with Crippen LogP contribution >= 0.6 is 0 Å². The first-order chi connectivity index (χ1) is 16.0. The van der Waals surface area contributed by atoms with Gasteiger partial charge in [0.2, 0.25) is 5.91 Å². The molecule has 0 spiro atoms. The van der Waals surface area contributed by atoms with E-state index in [1.165, 1.54) is 12.1 Å². The summed E-state index contributed by atoms with van der Waals surface area (Å²) in [6.07, 6.45) is 3.67. The number of nitrogens with zero attached hydrogens (tertiary/aromatic N) is 2. The molecule has 7 heteroatoms. The maximum atomic E-state index is 13.9. The van der Waals surface area contributed by atoms with Gasteiger partial charge in [0.1, 0.15) is 11.6 Å². The first-order valence-corrected chi connectivity index (χ1v) is 11.3. The number of aromatic nitrogens is 2. The lowest BCUT2D eigenvalue weighted by Crippen LogP contribution is -2.47. The number of carbonyl (C=O) groups is 1. The number of nitrogens with one attached hydrogen (secondary N) is 1. The fourth-order valence-corrected chi connectivity index (χ4v) is 4.49. The summed E-state index contributed by atoms with van der Waals surface area (Å²) in [5.41, 5.74) is 3.11. The number of benzene rings is 2. The highest BCUT2D eigenvalue weighted by atomic mass is 19.1. The van der Waals surface area contributed by atoms with Crippen molar-refractivity contribution in [3.05, 3.63) is 71.8 Å². The summed E-state index contributed by atoms with van der Waals surface area (Å²) in [7, 11) is 1.58. The predicted molar refractivity (Wildman–Crippen MR) is 125 cm³/mol. The molecular formula is C26H30FN3O3. The van der Waals surface area contributed by atoms with Crippen LogP contribution in [0.2, 0.25) is 0 Å². The Morgan fingerprint density at radius 2 is 2.03 bits per heavy atom. The monoisotopic (exact) mass is 451 g/mol. The van der Waals surface area contributed by atoms with E-state index in [2.05, 4.69) is 10.4 Å². The van der Waals surface area contributed by atoms with Gasteiger partial charge in [-0.2, -0.15) is 5.10 Å². The van der Waals surface area contributed by atoms with Crippen molar-refractivity contribution in [2.75, 3.05) is 26.9 Å². The summed E-state index contributed by atoms with van der Waals surface area (Å²) < 4.78 is 26.8. The lowest BCUT2D eigenvalue weighted by atomic mass is 9.74. The van der Waals surface area contributed by atoms with Gasteiger partial charge in [-0.25, -0.2) is 4.39 Å². The summed E-state index contributed by atoms with van der Waals surface area (Å²) in [6, 6.07) is 14.4. The van der Waals surface area contributed by atoms with Gasteiger partial charge in [0.15, 0.2) is 0 Å². The molecule has 0 radical (unpaired) electrons. The molecule has 1 N–H and O–H groups in total. The van der Waals surface area contributed by atoms with Crippen molar-refractivity contribution >= 4 is 5.91 Å². The van der Waals surface area contributed by atoms with Crippen molar-refractivity contribution in [1.82, 2.24) is 15.1 Å². The van der Waals surface area contributed by atoms with E-state index < -0.39 is 5.41 Å². The molecule has 1 fully saturated rings. The summed E-state index contributed by atoms with van der Waals surface area (Å²) in [5, 5.41) is 7.40. The van der Waals surface area contributed by atoms with E-state index in [1.54, 1.807) is 19.4 Å². The Balaban J connectivity index is 1.53. The minimum Gasteiger partial charge on any atom is -0.496 e. The Labute approximate surface area is 193 Å². The summed E-state index contributed by atoms with van der Waals surface area (Å²) in [5.74, 6) is 0.342. The van der Waals surface area contributed by atoms with Gasteiger partial charge >= 0.3 is 0 Å². The molecule has 4 rings (SSSR count). The molecule has 0 saturated carbocycles. The first kappa shape index (κ1) is 23.0. The van der Waals surface area contributed by atoms with Crippen LogP contribution in [0.25, 0.3) is 11.1 Å². The van der Waals surface area contributed by atoms with Crippen LogP contribution in [-0.2, 0) is 22.5 Å². The fourth-order valence-electron chi connectivity index (χ4n) is 4.49. The van der Waals surface area contributed by atoms with Gasteiger partial charge in [-0.05, 0) is 61.6 Å². The van der Waals surface area contributed by atoms with E-state index in [4.69, 9.17) is 9.47 Å². The Morgan fingerprint density at radius 1 is 1.21 bits per heavy atom. The average molecular weight is 452 g/mol. The van der Waals surface area contributed by atoms with E-state index in [-0.39, 0.29) is 11.7 Å². The van der Waals surface area contributed by atoms with Crippen LogP contribution < -0.4 is 10.1 Å². The molecule has 1 aliphatic heterocycles. The maximum absolute atomic E-state index is 13.9. The Bertz CT molecular complexity index is 1110. The van der Waals surface area contributed by atoms with Crippen molar-refractivity contribution < 1.29 is 18.7 Å². The third-order valence-electron chi connectivity index (χ3n) is 6.41. The van der Waals surface area contributed by atoms with Crippen molar-refractivity contribution in [3.63, 3.8) is 0 Å². The lowest BCUT2D eigenvalue weighted by Gasteiger charge is -2.36. The number of halogens is 1. The molecule has 1 amide bonds. The molecular weight excluding hydrogens is 421 g/mol. The smallest absolute Gasteiger partial charge is 0.226 e. The predicted octanol–water partition coefficient (Wildman–Crippen LogP) is 4.16. The fraction of sp³-hybridized carbons (Fsp3) is 0.385. The molecule has 0 unspecified atom stereocenters. The third-order valence-corrected chi connectivity index (χ3v) is 6.41. The molecule has 174 valence electrons. The van der Waals surface area contributed by atoms with E-state index in [0.29, 0.717) is 56.9 Å². The van der Waals surface area contributed by atoms with Gasteiger partial charge in [-0.15, -0.1) is 0 Å². The van der Waals surface area contributed by atoms with Gasteiger partial charge in [0, 0.05) is 37.2 Å². The largest absolute Gasteiger partial charge is 0.496 e. The number of methoxy groups -OCH3 is 1. The van der Waals surface area contributed by atoms with Crippen LogP contribution in [0.4, 0.5) is 4.39 Å². The van der Waals surface area contributed by atoms with Crippen LogP contribution in [0, 0.1) is 18.2 Å². The summed E-state index contributed by atoms with van der Waals surface area (Å²) >= 11 is 0. The quantitative estimate of drug-likeness (QED) is 0.559. The van der Waals surface area contributed by atoms with E-state index in [1.807, 2.05) is 41.9 Å². The molecule has 2 heterocycles. The van der Waals surface area contributed by atoms with Crippen LogP contribution in [0.15, 0.2) is 54.7 Å². The topological polar surface area (TPSA) is 65.4 Å². The van der Waals surface area contributed by atoms with Gasteiger partial charge in [0.05, 0.1) is 19.1 Å². The number of rotatable bonds is 8. The lowest BCUT2D eigenvalue weighted by molar-refractivity contribution is -0.136. The minimum atomic E-state index is -0.540. The highest BCUT2D eigenvalue weighted by Crippen LogP contribution is 2.37. The highest BCUT2D eigenvalue weighted by molar-refractivity contribution is 5.83. The Kier molecular flexibility index (Phi) is 7.08. The second-order valence-electron chi connectivity index (χ2n) is 8.57. The van der Waals surface area contributed by atoms with Crippen LogP contribution in [-0.4, -0.2) is 42.6 Å². The van der Waals surface area contributed by atoms with E-state index in [9.17, 15) is 9.18 Å². The molecule has 3 aromatic rings. The number of ether oxygens (including phenoxy) is 2. The van der Waals surface area contributed by atoms with Crippen LogP contribution in [0.1, 0.15) is 24.1 Å². The van der Waals surface area contributed by atoms with Crippen molar-refractivity contribution in [1.29, 1.82) is 0 Å². The minimum absolute atomic E-state index is 0.0457. The number of amides is 1. The van der Waals surface area contributed by atoms with Gasteiger partial charge in [0.25, 0.3) is 0 Å². The second-order valence-corrected chi connectivity index (χ2v) is 8.57. The van der Waals surface area contributed by atoms with E-state index >= 15 is 0 Å². The van der Waals surface area contributed by atoms with Crippen LogP contribution in [0.5, 0.6) is 5.75 Å². The van der Waals surface area contributed by atoms with Gasteiger partial charge < -0.3 is 14.8 Å². The van der Waals surface area contributed by atoms with Gasteiger partial charge in [-0.3, -0.25) is 9.48 Å². The normalized spacial score (nSPS) is 15.2. The zero-order chi connectivity index (χ0) is 23.3. The molecule has 1 saturated heterocycles. The second kappa shape index (κ2) is 10.2. The molecule has 6 nitrogen and oxygen atoms in total. The van der Waals surface area contributed by atoms with Crippen molar-refractivity contribution in [2.45, 2.75) is 32.7 Å². The molecule has 0 aliphatic carbocycles. The standard InChI is InChI=1S/C26H30FN3O3/c1-19-8-11-29-30(19)13-12-28-25(31)26(9-14-33-15-10-26)18-20-4-3-5-21(16-20)23-17-22(27)6-7-24(23)32-2/h3-8,11,16-17H,9-10,12-15,18H2,1-2H3,(H,28,31). The highest BCUT2D eigenvalue weighted by Gasteiger charge is 2.40. The van der Waals surface area contributed by atoms with Crippen LogP contribution in [0.3, 0.4) is 0 Å². The Hall–Kier alpha value is -3.19. The SMILES string of the molecule is COc1ccc(F)cc1-c1cccc(CC2(C(=O)NCCn3nccc3C)CCOCC2)c1. The molecule has 1 aliphatic rings. The molecule has 2 aromatic carbocycles. The number of hydrogen-bond acceptors (Lipinski definition) is 4. The number of carbonyl (C=O) groups excluding carboxylic acids is 1. The third kappa shape index (κ3) is 5.25. The van der Waals surface area contributed by atoms with Crippen molar-refractivity contribution in [3.8, 4) is 16.9 Å². The zero-order valence-corrected chi connectivity index (χ0v) is 19.1. The van der Waals surface area contributed by atoms with Gasteiger partial charge in [-0.1, -0.05) is 24.3 Å². The number of hydrogen-bond donors (Lipinski definition) is 1. The van der Waals surface area contributed by atoms with E-state index in [0.717, 1.165) is 16.8 Å². The number of aryl methyl sites for hydroxylation is 1. The molecule has 1 aromatic heterocycles. The van der Waals surface area contributed by atoms with Crippen molar-refractivity contribution in [2.24, 2.45) is 5.41 Å². The molecule has 0 atom stereocenters. The molecule has 0 bridgehead atoms. The molecule has 33 heavy (non-hydrogen) atoms. The average Bonchev–Trinajstić information content (AvgIpc) is 3.24. The Morgan fingerprint density at radius 3 is 2.76 bits per heavy atom. The first-order valence-electron chi connectivity index (χ1n) is 11.3. The zero-order valence-electron chi connectivity index (χ0n) is 19.1. The maximum Gasteiger partial charge on any atom is 0.226 e.